The monoisotopic (exact) mass is 253 g/mol. The van der Waals surface area contributed by atoms with Gasteiger partial charge in [-0.2, -0.15) is 0 Å². The largest absolute Gasteiger partial charge is 0.394 e. The van der Waals surface area contributed by atoms with E-state index in [1.165, 1.54) is 0 Å². The van der Waals surface area contributed by atoms with Crippen LogP contribution in [0.4, 0.5) is 0 Å². The number of aromatic nitrogens is 1. The number of allylic oxidation sites excluding steroid dienone is 1. The van der Waals surface area contributed by atoms with Crippen LogP contribution in [0.15, 0.2) is 24.3 Å². The van der Waals surface area contributed by atoms with Gasteiger partial charge in [0.05, 0.1) is 18.4 Å². The highest BCUT2D eigenvalue weighted by molar-refractivity contribution is 5.43. The third-order valence-electron chi connectivity index (χ3n) is 1.82. The maximum atomic E-state index is 9.22. The van der Waals surface area contributed by atoms with Gasteiger partial charge in [-0.05, 0) is 25.1 Å². The molecule has 1 atom stereocenters. The van der Waals surface area contributed by atoms with Crippen molar-refractivity contribution in [1.82, 2.24) is 4.98 Å². The van der Waals surface area contributed by atoms with Crippen LogP contribution >= 0.6 is 0 Å². The zero-order valence-corrected chi connectivity index (χ0v) is 12.2. The summed E-state index contributed by atoms with van der Waals surface area (Å²) < 4.78 is 0. The van der Waals surface area contributed by atoms with Gasteiger partial charge in [0.25, 0.3) is 0 Å². The first-order chi connectivity index (χ1) is 8.76. The molecule has 0 saturated heterocycles. The Morgan fingerprint density at radius 2 is 1.83 bits per heavy atom. The second-order valence-electron chi connectivity index (χ2n) is 3.09. The number of aliphatic hydroxyl groups is 2. The maximum absolute atomic E-state index is 9.22. The molecule has 3 nitrogen and oxygen atoms in total. The molecule has 0 bridgehead atoms. The van der Waals surface area contributed by atoms with Gasteiger partial charge in [0.15, 0.2) is 0 Å². The summed E-state index contributed by atoms with van der Waals surface area (Å²) in [5.74, 6) is 0. The molecule has 0 spiro atoms. The van der Waals surface area contributed by atoms with Crippen molar-refractivity contribution in [1.29, 1.82) is 0 Å². The standard InChI is InChI=1S/C11H15NO2.2C2H6/c1-2-4-9-5-3-6-10(12-9)7-11(14)8-13;2*1-2/h2-6,11,13-14H,7-8H2,1H3;2*1-2H3/b4-2+;;. The zero-order chi connectivity index (χ0) is 14.4. The third-order valence-corrected chi connectivity index (χ3v) is 1.82. The van der Waals surface area contributed by atoms with Gasteiger partial charge in [0, 0.05) is 12.1 Å². The molecular formula is C15H27NO2. The van der Waals surface area contributed by atoms with E-state index >= 15 is 0 Å². The van der Waals surface area contributed by atoms with Crippen molar-refractivity contribution in [2.24, 2.45) is 0 Å². The Labute approximate surface area is 111 Å². The third kappa shape index (κ3) is 8.90. The smallest absolute Gasteiger partial charge is 0.0826 e. The van der Waals surface area contributed by atoms with Crippen LogP contribution < -0.4 is 0 Å². The molecule has 1 unspecified atom stereocenters. The topological polar surface area (TPSA) is 53.4 Å². The summed E-state index contributed by atoms with van der Waals surface area (Å²) in [7, 11) is 0. The van der Waals surface area contributed by atoms with E-state index in [2.05, 4.69) is 4.98 Å². The highest BCUT2D eigenvalue weighted by Crippen LogP contribution is 2.04. The lowest BCUT2D eigenvalue weighted by Crippen LogP contribution is -2.15. The van der Waals surface area contributed by atoms with E-state index in [1.54, 1.807) is 0 Å². The van der Waals surface area contributed by atoms with E-state index in [4.69, 9.17) is 5.11 Å². The summed E-state index contributed by atoms with van der Waals surface area (Å²) in [6.45, 7) is 9.70. The number of pyridine rings is 1. The number of hydrogen-bond acceptors (Lipinski definition) is 3. The van der Waals surface area contributed by atoms with Gasteiger partial charge in [0.1, 0.15) is 0 Å². The summed E-state index contributed by atoms with van der Waals surface area (Å²) in [6, 6.07) is 5.63. The molecule has 3 heteroatoms. The first-order valence-corrected chi connectivity index (χ1v) is 6.64. The van der Waals surface area contributed by atoms with Crippen LogP contribution in [-0.4, -0.2) is 27.9 Å². The van der Waals surface area contributed by atoms with Gasteiger partial charge in [-0.15, -0.1) is 0 Å². The Balaban J connectivity index is 0. The molecule has 104 valence electrons. The van der Waals surface area contributed by atoms with Crippen LogP contribution in [0, 0.1) is 0 Å². The average Bonchev–Trinajstić information content (AvgIpc) is 2.44. The number of rotatable bonds is 4. The van der Waals surface area contributed by atoms with Gasteiger partial charge >= 0.3 is 0 Å². The molecule has 0 amide bonds. The summed E-state index contributed by atoms with van der Waals surface area (Å²) in [5.41, 5.74) is 1.66. The molecule has 0 radical (unpaired) electrons. The molecule has 0 aromatic carbocycles. The summed E-state index contributed by atoms with van der Waals surface area (Å²) in [6.07, 6.45) is 3.48. The average molecular weight is 253 g/mol. The first kappa shape index (κ1) is 19.2. The number of hydrogen-bond donors (Lipinski definition) is 2. The molecule has 0 fully saturated rings. The van der Waals surface area contributed by atoms with Gasteiger partial charge < -0.3 is 10.2 Å². The quantitative estimate of drug-likeness (QED) is 0.867. The molecule has 0 aliphatic rings. The van der Waals surface area contributed by atoms with Crippen molar-refractivity contribution in [3.63, 3.8) is 0 Å². The van der Waals surface area contributed by atoms with E-state index in [1.807, 2.05) is 65.0 Å². The fraction of sp³-hybridized carbons (Fsp3) is 0.533. The maximum Gasteiger partial charge on any atom is 0.0826 e. The normalized spacial score (nSPS) is 11.1. The van der Waals surface area contributed by atoms with Crippen molar-refractivity contribution in [2.45, 2.75) is 47.1 Å². The Morgan fingerprint density at radius 3 is 2.33 bits per heavy atom. The van der Waals surface area contributed by atoms with Gasteiger partial charge in [-0.1, -0.05) is 39.8 Å². The van der Waals surface area contributed by atoms with Crippen molar-refractivity contribution < 1.29 is 10.2 Å². The van der Waals surface area contributed by atoms with E-state index in [0.717, 1.165) is 11.4 Å². The molecule has 1 aromatic rings. The second-order valence-corrected chi connectivity index (χ2v) is 3.09. The highest BCUT2D eigenvalue weighted by atomic mass is 16.3. The molecule has 18 heavy (non-hydrogen) atoms. The Morgan fingerprint density at radius 1 is 1.22 bits per heavy atom. The Kier molecular flexibility index (Phi) is 14.8. The van der Waals surface area contributed by atoms with Crippen molar-refractivity contribution in [3.05, 3.63) is 35.7 Å². The lowest BCUT2D eigenvalue weighted by Gasteiger charge is -2.06. The number of aliphatic hydroxyl groups excluding tert-OH is 2. The molecule has 0 saturated carbocycles. The highest BCUT2D eigenvalue weighted by Gasteiger charge is 2.04. The molecular weight excluding hydrogens is 226 g/mol. The summed E-state index contributed by atoms with van der Waals surface area (Å²) in [4.78, 5) is 4.29. The molecule has 2 N–H and O–H groups in total. The number of nitrogens with zero attached hydrogens (tertiary/aromatic N) is 1. The molecule has 1 rings (SSSR count). The van der Waals surface area contributed by atoms with Crippen LogP contribution in [0.5, 0.6) is 0 Å². The van der Waals surface area contributed by atoms with E-state index in [0.29, 0.717) is 6.42 Å². The van der Waals surface area contributed by atoms with Crippen LogP contribution in [0.1, 0.15) is 46.0 Å². The van der Waals surface area contributed by atoms with Crippen LogP contribution in [0.25, 0.3) is 6.08 Å². The summed E-state index contributed by atoms with van der Waals surface area (Å²) in [5, 5.41) is 17.9. The van der Waals surface area contributed by atoms with Gasteiger partial charge in [-0.25, -0.2) is 0 Å². The van der Waals surface area contributed by atoms with Crippen LogP contribution in [0.2, 0.25) is 0 Å². The molecule has 1 aromatic heterocycles. The molecule has 0 aliphatic heterocycles. The zero-order valence-electron chi connectivity index (χ0n) is 12.2. The Bertz CT molecular complexity index is 311. The minimum atomic E-state index is -0.719. The van der Waals surface area contributed by atoms with E-state index < -0.39 is 6.10 Å². The lowest BCUT2D eigenvalue weighted by molar-refractivity contribution is 0.0947. The van der Waals surface area contributed by atoms with Crippen LogP contribution in [-0.2, 0) is 6.42 Å². The predicted molar refractivity (Wildman–Crippen MR) is 78.4 cm³/mol. The van der Waals surface area contributed by atoms with Crippen LogP contribution in [0.3, 0.4) is 0 Å². The van der Waals surface area contributed by atoms with Gasteiger partial charge in [0.2, 0.25) is 0 Å². The van der Waals surface area contributed by atoms with Gasteiger partial charge in [-0.3, -0.25) is 4.98 Å². The fourth-order valence-electron chi connectivity index (χ4n) is 1.18. The lowest BCUT2D eigenvalue weighted by atomic mass is 10.2. The van der Waals surface area contributed by atoms with Crippen molar-refractivity contribution in [2.75, 3.05) is 6.61 Å². The SMILES string of the molecule is C/C=C/c1cccc(CC(O)CO)n1.CC.CC. The fourth-order valence-corrected chi connectivity index (χ4v) is 1.18. The van der Waals surface area contributed by atoms with E-state index in [9.17, 15) is 5.11 Å². The predicted octanol–water partition coefficient (Wildman–Crippen LogP) is 3.06. The minimum absolute atomic E-state index is 0.227. The Hall–Kier alpha value is -1.19. The first-order valence-electron chi connectivity index (χ1n) is 6.64. The summed E-state index contributed by atoms with van der Waals surface area (Å²) >= 11 is 0. The van der Waals surface area contributed by atoms with Crippen molar-refractivity contribution in [3.8, 4) is 0 Å². The van der Waals surface area contributed by atoms with E-state index in [-0.39, 0.29) is 6.61 Å². The second kappa shape index (κ2) is 13.9. The van der Waals surface area contributed by atoms with Crippen molar-refractivity contribution >= 4 is 6.08 Å². The molecule has 0 aliphatic carbocycles. The minimum Gasteiger partial charge on any atom is -0.394 e. The molecule has 1 heterocycles.